The number of aryl methyl sites for hydroxylation is 1. The Hall–Kier alpha value is -1.58. The van der Waals surface area contributed by atoms with E-state index in [0.717, 1.165) is 16.8 Å². The highest BCUT2D eigenvalue weighted by Crippen LogP contribution is 2.28. The largest absolute Gasteiger partial charge is 0.320 e. The van der Waals surface area contributed by atoms with Gasteiger partial charge in [0.2, 0.25) is 0 Å². The summed E-state index contributed by atoms with van der Waals surface area (Å²) in [7, 11) is 0. The van der Waals surface area contributed by atoms with E-state index in [0.29, 0.717) is 5.92 Å². The minimum atomic E-state index is -0.362. The van der Waals surface area contributed by atoms with Crippen LogP contribution in [0.3, 0.4) is 0 Å². The fourth-order valence-electron chi connectivity index (χ4n) is 2.09. The van der Waals surface area contributed by atoms with Crippen LogP contribution in [0, 0.1) is 6.92 Å². The maximum Gasteiger partial charge on any atom is 0.275 e. The molecule has 0 bridgehead atoms. The smallest absolute Gasteiger partial charge is 0.275 e. The van der Waals surface area contributed by atoms with E-state index < -0.39 is 0 Å². The number of hydrogen-bond acceptors (Lipinski definition) is 2. The molecular formula is C16H16Cl2N2O. The van der Waals surface area contributed by atoms with Gasteiger partial charge in [0.1, 0.15) is 10.8 Å². The molecule has 5 heteroatoms. The molecule has 21 heavy (non-hydrogen) atoms. The molecule has 3 nitrogen and oxygen atoms in total. The molecule has 0 unspecified atom stereocenters. The van der Waals surface area contributed by atoms with Crippen LogP contribution in [0.25, 0.3) is 0 Å². The van der Waals surface area contributed by atoms with Gasteiger partial charge >= 0.3 is 0 Å². The van der Waals surface area contributed by atoms with E-state index in [4.69, 9.17) is 23.2 Å². The molecule has 1 aromatic carbocycles. The summed E-state index contributed by atoms with van der Waals surface area (Å²) in [5.74, 6) is -0.0679. The SMILES string of the molecule is Cc1cccc(C(C)C)c1NC(=O)c1nc(Cl)ccc1Cl. The van der Waals surface area contributed by atoms with Gasteiger partial charge in [-0.15, -0.1) is 0 Å². The number of hydrogen-bond donors (Lipinski definition) is 1. The first-order chi connectivity index (χ1) is 9.90. The molecule has 110 valence electrons. The summed E-state index contributed by atoms with van der Waals surface area (Å²) in [6.45, 7) is 6.11. The van der Waals surface area contributed by atoms with E-state index in [9.17, 15) is 4.79 Å². The Morgan fingerprint density at radius 3 is 2.57 bits per heavy atom. The van der Waals surface area contributed by atoms with Crippen molar-refractivity contribution in [2.75, 3.05) is 5.32 Å². The number of carbonyl (C=O) groups excluding carboxylic acids is 1. The molecule has 2 aromatic rings. The first-order valence-corrected chi connectivity index (χ1v) is 7.38. The first-order valence-electron chi connectivity index (χ1n) is 6.63. The number of nitrogens with one attached hydrogen (secondary N) is 1. The molecule has 1 heterocycles. The van der Waals surface area contributed by atoms with E-state index in [1.807, 2.05) is 25.1 Å². The monoisotopic (exact) mass is 322 g/mol. The summed E-state index contributed by atoms with van der Waals surface area (Å²) < 4.78 is 0. The zero-order chi connectivity index (χ0) is 15.6. The number of amides is 1. The van der Waals surface area contributed by atoms with Crippen molar-refractivity contribution >= 4 is 34.8 Å². The average Bonchev–Trinajstić information content (AvgIpc) is 2.43. The van der Waals surface area contributed by atoms with Crippen LogP contribution in [0.5, 0.6) is 0 Å². The predicted molar refractivity (Wildman–Crippen MR) is 87.5 cm³/mol. The summed E-state index contributed by atoms with van der Waals surface area (Å²) in [5.41, 5.74) is 2.99. The lowest BCUT2D eigenvalue weighted by atomic mass is 9.98. The maximum atomic E-state index is 12.4. The molecule has 0 fully saturated rings. The van der Waals surface area contributed by atoms with E-state index in [-0.39, 0.29) is 21.8 Å². The van der Waals surface area contributed by atoms with Gasteiger partial charge in [-0.1, -0.05) is 55.2 Å². The lowest BCUT2D eigenvalue weighted by Crippen LogP contribution is -2.16. The van der Waals surface area contributed by atoms with Gasteiger partial charge in [0.05, 0.1) is 5.02 Å². The van der Waals surface area contributed by atoms with Gasteiger partial charge < -0.3 is 5.32 Å². The van der Waals surface area contributed by atoms with Crippen molar-refractivity contribution < 1.29 is 4.79 Å². The number of para-hydroxylation sites is 1. The minimum absolute atomic E-state index is 0.127. The maximum absolute atomic E-state index is 12.4. The summed E-state index contributed by atoms with van der Waals surface area (Å²) in [5, 5.41) is 3.41. The average molecular weight is 323 g/mol. The van der Waals surface area contributed by atoms with E-state index >= 15 is 0 Å². The Kier molecular flexibility index (Phi) is 4.86. The number of halogens is 2. The quantitative estimate of drug-likeness (QED) is 0.801. The van der Waals surface area contributed by atoms with Crippen molar-refractivity contribution in [3.8, 4) is 0 Å². The molecule has 0 aliphatic heterocycles. The molecule has 0 radical (unpaired) electrons. The zero-order valence-electron chi connectivity index (χ0n) is 12.1. The van der Waals surface area contributed by atoms with Crippen molar-refractivity contribution in [3.63, 3.8) is 0 Å². The Balaban J connectivity index is 2.38. The normalized spacial score (nSPS) is 10.8. The third-order valence-electron chi connectivity index (χ3n) is 3.19. The number of pyridine rings is 1. The van der Waals surface area contributed by atoms with E-state index in [1.54, 1.807) is 12.1 Å². The number of rotatable bonds is 3. The van der Waals surface area contributed by atoms with E-state index in [1.165, 1.54) is 0 Å². The molecule has 2 rings (SSSR count). The van der Waals surface area contributed by atoms with Crippen LogP contribution in [0.4, 0.5) is 5.69 Å². The van der Waals surface area contributed by atoms with Crippen LogP contribution in [0.15, 0.2) is 30.3 Å². The highest BCUT2D eigenvalue weighted by Gasteiger charge is 2.17. The predicted octanol–water partition coefficient (Wildman–Crippen LogP) is 5.07. The molecule has 0 saturated carbocycles. The van der Waals surface area contributed by atoms with Crippen molar-refractivity contribution in [1.82, 2.24) is 4.98 Å². The molecule has 0 aliphatic carbocycles. The molecule has 0 saturated heterocycles. The van der Waals surface area contributed by atoms with Gasteiger partial charge in [-0.25, -0.2) is 4.98 Å². The fourth-order valence-corrected chi connectivity index (χ4v) is 2.43. The summed E-state index contributed by atoms with van der Waals surface area (Å²) in [6.07, 6.45) is 0. The van der Waals surface area contributed by atoms with Crippen LogP contribution in [-0.2, 0) is 0 Å². The van der Waals surface area contributed by atoms with Gasteiger partial charge in [0.15, 0.2) is 0 Å². The van der Waals surface area contributed by atoms with Crippen LogP contribution in [0.1, 0.15) is 41.4 Å². The topological polar surface area (TPSA) is 42.0 Å². The minimum Gasteiger partial charge on any atom is -0.320 e. The van der Waals surface area contributed by atoms with Crippen LogP contribution in [-0.4, -0.2) is 10.9 Å². The van der Waals surface area contributed by atoms with Crippen molar-refractivity contribution in [1.29, 1.82) is 0 Å². The molecule has 1 amide bonds. The molecule has 0 spiro atoms. The Bertz CT molecular complexity index is 684. The molecular weight excluding hydrogens is 307 g/mol. The van der Waals surface area contributed by atoms with Crippen LogP contribution >= 0.6 is 23.2 Å². The summed E-state index contributed by atoms with van der Waals surface area (Å²) in [6, 6.07) is 9.04. The standard InChI is InChI=1S/C16H16Cl2N2O/c1-9(2)11-6-4-5-10(3)14(11)20-16(21)15-12(17)7-8-13(18)19-15/h4-9H,1-3H3,(H,20,21). The van der Waals surface area contributed by atoms with Gasteiger partial charge in [0, 0.05) is 5.69 Å². The Morgan fingerprint density at radius 2 is 1.90 bits per heavy atom. The van der Waals surface area contributed by atoms with Gasteiger partial charge in [-0.05, 0) is 36.1 Å². The fraction of sp³-hybridized carbons (Fsp3) is 0.250. The van der Waals surface area contributed by atoms with Crippen molar-refractivity contribution in [2.24, 2.45) is 0 Å². The third-order valence-corrected chi connectivity index (χ3v) is 3.71. The molecule has 0 atom stereocenters. The summed E-state index contributed by atoms with van der Waals surface area (Å²) >= 11 is 11.8. The third kappa shape index (κ3) is 3.55. The lowest BCUT2D eigenvalue weighted by molar-refractivity contribution is 0.102. The lowest BCUT2D eigenvalue weighted by Gasteiger charge is -2.16. The van der Waals surface area contributed by atoms with E-state index in [2.05, 4.69) is 24.1 Å². The molecule has 1 N–H and O–H groups in total. The number of aromatic nitrogens is 1. The summed E-state index contributed by atoms with van der Waals surface area (Å²) in [4.78, 5) is 16.4. The van der Waals surface area contributed by atoms with Gasteiger partial charge in [0.25, 0.3) is 5.91 Å². The molecule has 0 aliphatic rings. The van der Waals surface area contributed by atoms with Crippen LogP contribution in [0.2, 0.25) is 10.2 Å². The second-order valence-electron chi connectivity index (χ2n) is 5.11. The second-order valence-corrected chi connectivity index (χ2v) is 5.91. The van der Waals surface area contributed by atoms with Crippen molar-refractivity contribution in [2.45, 2.75) is 26.7 Å². The number of nitrogens with zero attached hydrogens (tertiary/aromatic N) is 1. The van der Waals surface area contributed by atoms with Crippen molar-refractivity contribution in [3.05, 3.63) is 57.3 Å². The Morgan fingerprint density at radius 1 is 1.19 bits per heavy atom. The highest BCUT2D eigenvalue weighted by atomic mass is 35.5. The molecule has 1 aromatic heterocycles. The number of carbonyl (C=O) groups is 1. The Labute approximate surface area is 134 Å². The van der Waals surface area contributed by atoms with Crippen LogP contribution < -0.4 is 5.32 Å². The van der Waals surface area contributed by atoms with Gasteiger partial charge in [-0.3, -0.25) is 4.79 Å². The van der Waals surface area contributed by atoms with Gasteiger partial charge in [-0.2, -0.15) is 0 Å². The zero-order valence-corrected chi connectivity index (χ0v) is 13.6. The second kappa shape index (κ2) is 6.46. The highest BCUT2D eigenvalue weighted by molar-refractivity contribution is 6.35. The first kappa shape index (κ1) is 15.8. The number of anilines is 1. The number of benzene rings is 1.